The fraction of sp³-hybridized carbons (Fsp3) is 0.364. The summed E-state index contributed by atoms with van der Waals surface area (Å²) in [7, 11) is 0. The van der Waals surface area contributed by atoms with Crippen LogP contribution in [0.1, 0.15) is 25.3 Å². The molecular formula is C11H14FN3. The van der Waals surface area contributed by atoms with Crippen LogP contribution in [-0.4, -0.2) is 16.7 Å². The molecule has 2 rings (SSSR count). The molecule has 1 aromatic rings. The number of nitrogens with zero attached hydrogens (tertiary/aromatic N) is 2. The maximum Gasteiger partial charge on any atom is 0.139 e. The molecule has 0 aliphatic carbocycles. The molecule has 4 heteroatoms. The summed E-state index contributed by atoms with van der Waals surface area (Å²) in [5, 5.41) is 6.91. The topological polar surface area (TPSA) is 31.9 Å². The lowest BCUT2D eigenvalue weighted by molar-refractivity contribution is 0.654. The van der Waals surface area contributed by atoms with E-state index in [-0.39, 0.29) is 5.83 Å². The van der Waals surface area contributed by atoms with E-state index in [4.69, 9.17) is 0 Å². The van der Waals surface area contributed by atoms with Crippen LogP contribution < -0.4 is 4.90 Å². The van der Waals surface area contributed by atoms with Gasteiger partial charge in [0.15, 0.2) is 0 Å². The van der Waals surface area contributed by atoms with Crippen molar-refractivity contribution >= 4 is 5.82 Å². The molecule has 0 saturated heterocycles. The van der Waals surface area contributed by atoms with Gasteiger partial charge in [0, 0.05) is 18.3 Å². The van der Waals surface area contributed by atoms with Gasteiger partial charge in [-0.05, 0) is 12.0 Å². The predicted molar refractivity (Wildman–Crippen MR) is 58.4 cm³/mol. The Morgan fingerprint density at radius 1 is 1.53 bits per heavy atom. The van der Waals surface area contributed by atoms with Crippen molar-refractivity contribution in [3.8, 4) is 0 Å². The SMILES string of the molecule is CC(C)c1cn[nH]c1N1C=C(F)C=CC1. The van der Waals surface area contributed by atoms with E-state index in [0.29, 0.717) is 12.5 Å². The summed E-state index contributed by atoms with van der Waals surface area (Å²) >= 11 is 0. The highest BCUT2D eigenvalue weighted by Crippen LogP contribution is 2.26. The Hall–Kier alpha value is -1.58. The molecule has 1 aliphatic rings. The quantitative estimate of drug-likeness (QED) is 0.808. The molecule has 3 nitrogen and oxygen atoms in total. The van der Waals surface area contributed by atoms with Crippen molar-refractivity contribution in [1.82, 2.24) is 10.2 Å². The van der Waals surface area contributed by atoms with Crippen molar-refractivity contribution in [2.45, 2.75) is 19.8 Å². The maximum atomic E-state index is 13.1. The second-order valence-electron chi connectivity index (χ2n) is 3.90. The molecular weight excluding hydrogens is 193 g/mol. The standard InChI is InChI=1S/C11H14FN3/c1-8(2)10-6-13-14-11(10)15-5-3-4-9(12)7-15/h3-4,6-8H,5H2,1-2H3,(H,13,14). The zero-order chi connectivity index (χ0) is 10.8. The smallest absolute Gasteiger partial charge is 0.139 e. The molecule has 0 amide bonds. The van der Waals surface area contributed by atoms with E-state index in [1.54, 1.807) is 12.3 Å². The number of nitrogens with one attached hydrogen (secondary N) is 1. The van der Waals surface area contributed by atoms with Crippen LogP contribution in [0.3, 0.4) is 0 Å². The average molecular weight is 207 g/mol. The predicted octanol–water partition coefficient (Wildman–Crippen LogP) is 2.72. The number of aromatic amines is 1. The first-order valence-electron chi connectivity index (χ1n) is 5.02. The van der Waals surface area contributed by atoms with Crippen molar-refractivity contribution in [3.63, 3.8) is 0 Å². The van der Waals surface area contributed by atoms with Gasteiger partial charge in [0.25, 0.3) is 0 Å². The number of halogens is 1. The van der Waals surface area contributed by atoms with Gasteiger partial charge in [-0.3, -0.25) is 5.10 Å². The van der Waals surface area contributed by atoms with Crippen molar-refractivity contribution < 1.29 is 4.39 Å². The van der Waals surface area contributed by atoms with Crippen LogP contribution in [0.15, 0.2) is 30.4 Å². The summed E-state index contributed by atoms with van der Waals surface area (Å²) < 4.78 is 13.1. The van der Waals surface area contributed by atoms with E-state index < -0.39 is 0 Å². The maximum absolute atomic E-state index is 13.1. The van der Waals surface area contributed by atoms with Crippen molar-refractivity contribution in [2.75, 3.05) is 11.4 Å². The third-order valence-electron chi connectivity index (χ3n) is 2.42. The highest BCUT2D eigenvalue weighted by molar-refractivity contribution is 5.52. The van der Waals surface area contributed by atoms with E-state index in [1.807, 2.05) is 4.90 Å². The molecule has 0 bridgehead atoms. The summed E-state index contributed by atoms with van der Waals surface area (Å²) in [5.74, 6) is 1.02. The Morgan fingerprint density at radius 2 is 2.33 bits per heavy atom. The van der Waals surface area contributed by atoms with Gasteiger partial charge < -0.3 is 4.90 Å². The molecule has 0 unspecified atom stereocenters. The first-order valence-corrected chi connectivity index (χ1v) is 5.02. The largest absolute Gasteiger partial charge is 0.326 e. The van der Waals surface area contributed by atoms with Crippen LogP contribution in [0.5, 0.6) is 0 Å². The highest BCUT2D eigenvalue weighted by atomic mass is 19.1. The molecule has 80 valence electrons. The van der Waals surface area contributed by atoms with Gasteiger partial charge in [0.05, 0.1) is 6.20 Å². The van der Waals surface area contributed by atoms with Crippen LogP contribution >= 0.6 is 0 Å². The first kappa shape index (κ1) is 9.96. The number of rotatable bonds is 2. The first-order chi connectivity index (χ1) is 7.18. The lowest BCUT2D eigenvalue weighted by atomic mass is 10.1. The van der Waals surface area contributed by atoms with E-state index in [2.05, 4.69) is 24.0 Å². The number of allylic oxidation sites excluding steroid dienone is 2. The number of H-pyrrole nitrogens is 1. The van der Waals surface area contributed by atoms with Gasteiger partial charge in [-0.2, -0.15) is 5.10 Å². The number of aromatic nitrogens is 2. The number of hydrogen-bond acceptors (Lipinski definition) is 2. The number of anilines is 1. The lowest BCUT2D eigenvalue weighted by Crippen LogP contribution is -2.20. The third-order valence-corrected chi connectivity index (χ3v) is 2.42. The van der Waals surface area contributed by atoms with E-state index in [1.165, 1.54) is 12.3 Å². The Balaban J connectivity index is 2.30. The van der Waals surface area contributed by atoms with Gasteiger partial charge in [-0.25, -0.2) is 4.39 Å². The van der Waals surface area contributed by atoms with Crippen molar-refractivity contribution in [2.24, 2.45) is 0 Å². The minimum absolute atomic E-state index is 0.231. The Kier molecular flexibility index (Phi) is 2.58. The van der Waals surface area contributed by atoms with Gasteiger partial charge in [0.2, 0.25) is 0 Å². The second-order valence-corrected chi connectivity index (χ2v) is 3.90. The van der Waals surface area contributed by atoms with Gasteiger partial charge >= 0.3 is 0 Å². The van der Waals surface area contributed by atoms with Crippen LogP contribution in [0.4, 0.5) is 10.2 Å². The zero-order valence-electron chi connectivity index (χ0n) is 8.87. The normalized spacial score (nSPS) is 16.0. The van der Waals surface area contributed by atoms with Crippen LogP contribution in [-0.2, 0) is 0 Å². The average Bonchev–Trinajstić information content (AvgIpc) is 2.65. The van der Waals surface area contributed by atoms with E-state index in [9.17, 15) is 4.39 Å². The highest BCUT2D eigenvalue weighted by Gasteiger charge is 2.15. The third kappa shape index (κ3) is 1.93. The summed E-state index contributed by atoms with van der Waals surface area (Å²) in [5.41, 5.74) is 1.11. The monoisotopic (exact) mass is 207 g/mol. The molecule has 0 atom stereocenters. The summed E-state index contributed by atoms with van der Waals surface area (Å²) in [4.78, 5) is 1.83. The van der Waals surface area contributed by atoms with E-state index >= 15 is 0 Å². The van der Waals surface area contributed by atoms with Crippen molar-refractivity contribution in [1.29, 1.82) is 0 Å². The van der Waals surface area contributed by atoms with Gasteiger partial charge in [0.1, 0.15) is 11.6 Å². The molecule has 15 heavy (non-hydrogen) atoms. The molecule has 0 saturated carbocycles. The second kappa shape index (κ2) is 3.88. The number of hydrogen-bond donors (Lipinski definition) is 1. The molecule has 0 aromatic carbocycles. The van der Waals surface area contributed by atoms with Crippen LogP contribution in [0.2, 0.25) is 0 Å². The van der Waals surface area contributed by atoms with Crippen LogP contribution in [0, 0.1) is 0 Å². The Morgan fingerprint density at radius 3 is 3.00 bits per heavy atom. The molecule has 0 spiro atoms. The molecule has 1 N–H and O–H groups in total. The van der Waals surface area contributed by atoms with Crippen molar-refractivity contribution in [3.05, 3.63) is 35.9 Å². The molecule has 2 heterocycles. The molecule has 1 aliphatic heterocycles. The minimum Gasteiger partial charge on any atom is -0.326 e. The fourth-order valence-corrected chi connectivity index (χ4v) is 1.62. The molecule has 1 aromatic heterocycles. The van der Waals surface area contributed by atoms with Crippen LogP contribution in [0.25, 0.3) is 0 Å². The van der Waals surface area contributed by atoms with Gasteiger partial charge in [-0.15, -0.1) is 0 Å². The fourth-order valence-electron chi connectivity index (χ4n) is 1.62. The Bertz CT molecular complexity index is 404. The molecule has 0 fully saturated rings. The minimum atomic E-state index is -0.231. The summed E-state index contributed by atoms with van der Waals surface area (Å²) in [6.07, 6.45) is 6.55. The Labute approximate surface area is 88.3 Å². The summed E-state index contributed by atoms with van der Waals surface area (Å²) in [6.45, 7) is 4.86. The summed E-state index contributed by atoms with van der Waals surface area (Å²) in [6, 6.07) is 0. The zero-order valence-corrected chi connectivity index (χ0v) is 8.87. The molecule has 0 radical (unpaired) electrons. The van der Waals surface area contributed by atoms with E-state index in [0.717, 1.165) is 11.4 Å². The van der Waals surface area contributed by atoms with Gasteiger partial charge in [-0.1, -0.05) is 19.9 Å². The lowest BCUT2D eigenvalue weighted by Gasteiger charge is -2.21.